The molecule has 5 nitrogen and oxygen atoms in total. The first-order chi connectivity index (χ1) is 8.22. The Morgan fingerprint density at radius 3 is 2.71 bits per heavy atom. The third kappa shape index (κ3) is 2.40. The predicted molar refractivity (Wildman–Crippen MR) is 65.1 cm³/mol. The Labute approximate surface area is 99.7 Å². The number of benzene rings is 1. The van der Waals surface area contributed by atoms with Crippen LogP contribution in [0, 0.1) is 6.92 Å². The Bertz CT molecular complexity index is 485. The van der Waals surface area contributed by atoms with E-state index in [-0.39, 0.29) is 5.91 Å². The molecule has 1 amide bonds. The molecule has 1 heterocycles. The monoisotopic (exact) mass is 230 g/mol. The van der Waals surface area contributed by atoms with Crippen molar-refractivity contribution in [2.75, 3.05) is 13.1 Å². The molecule has 0 unspecified atom stereocenters. The molecule has 5 heteroatoms. The van der Waals surface area contributed by atoms with Gasteiger partial charge in [0.15, 0.2) is 0 Å². The smallest absolute Gasteiger partial charge is 0.253 e. The van der Waals surface area contributed by atoms with Crippen LogP contribution in [0.5, 0.6) is 0 Å². The molecular weight excluding hydrogens is 216 g/mol. The third-order valence-electron chi connectivity index (χ3n) is 2.99. The summed E-state index contributed by atoms with van der Waals surface area (Å²) in [5.41, 5.74) is 10.4. The molecule has 0 N–H and O–H groups in total. The van der Waals surface area contributed by atoms with Crippen LogP contribution in [0.2, 0.25) is 0 Å². The van der Waals surface area contributed by atoms with E-state index in [1.54, 1.807) is 18.2 Å². The molecule has 0 radical (unpaired) electrons. The maximum absolute atomic E-state index is 12.1. The zero-order valence-electron chi connectivity index (χ0n) is 9.76. The van der Waals surface area contributed by atoms with E-state index in [4.69, 9.17) is 5.53 Å². The molecule has 1 aromatic carbocycles. The largest absolute Gasteiger partial charge is 0.339 e. The summed E-state index contributed by atoms with van der Waals surface area (Å²) in [6, 6.07) is 5.20. The lowest BCUT2D eigenvalue weighted by Gasteiger charge is -2.15. The average molecular weight is 230 g/mol. The number of amides is 1. The summed E-state index contributed by atoms with van der Waals surface area (Å²) in [5, 5.41) is 3.56. The van der Waals surface area contributed by atoms with Crippen LogP contribution < -0.4 is 0 Å². The summed E-state index contributed by atoms with van der Waals surface area (Å²) in [6.45, 7) is 3.52. The molecule has 0 aromatic heterocycles. The minimum Gasteiger partial charge on any atom is -0.339 e. The normalized spacial score (nSPS) is 14.5. The van der Waals surface area contributed by atoms with E-state index in [2.05, 4.69) is 10.0 Å². The summed E-state index contributed by atoms with van der Waals surface area (Å²) in [6.07, 6.45) is 2.17. The van der Waals surface area contributed by atoms with Crippen LogP contribution in [-0.4, -0.2) is 23.9 Å². The van der Waals surface area contributed by atoms with Crippen molar-refractivity contribution in [3.8, 4) is 0 Å². The van der Waals surface area contributed by atoms with Crippen LogP contribution in [-0.2, 0) is 0 Å². The zero-order chi connectivity index (χ0) is 12.3. The van der Waals surface area contributed by atoms with E-state index in [1.807, 2.05) is 11.8 Å². The van der Waals surface area contributed by atoms with Gasteiger partial charge in [0, 0.05) is 29.3 Å². The molecule has 0 aliphatic carbocycles. The average Bonchev–Trinajstić information content (AvgIpc) is 2.84. The summed E-state index contributed by atoms with van der Waals surface area (Å²) in [5.74, 6) is 0.0677. The fraction of sp³-hybridized carbons (Fsp3) is 0.417. The van der Waals surface area contributed by atoms with Crippen LogP contribution in [0.15, 0.2) is 23.3 Å². The molecule has 0 spiro atoms. The van der Waals surface area contributed by atoms with E-state index in [0.717, 1.165) is 31.5 Å². The van der Waals surface area contributed by atoms with Gasteiger partial charge in [0.2, 0.25) is 0 Å². The summed E-state index contributed by atoms with van der Waals surface area (Å²) in [4.78, 5) is 16.7. The molecule has 0 saturated carbocycles. The highest BCUT2D eigenvalue weighted by Gasteiger charge is 2.19. The maximum atomic E-state index is 12.1. The fourth-order valence-electron chi connectivity index (χ4n) is 2.05. The lowest BCUT2D eigenvalue weighted by atomic mass is 10.1. The van der Waals surface area contributed by atoms with Crippen molar-refractivity contribution in [3.05, 3.63) is 39.8 Å². The molecule has 1 aliphatic rings. The molecule has 1 fully saturated rings. The lowest BCUT2D eigenvalue weighted by molar-refractivity contribution is 0.0793. The Morgan fingerprint density at radius 2 is 2.12 bits per heavy atom. The van der Waals surface area contributed by atoms with Gasteiger partial charge < -0.3 is 4.90 Å². The van der Waals surface area contributed by atoms with Crippen molar-refractivity contribution in [3.63, 3.8) is 0 Å². The molecule has 0 atom stereocenters. The van der Waals surface area contributed by atoms with E-state index in [9.17, 15) is 4.79 Å². The second-order valence-electron chi connectivity index (χ2n) is 4.19. The predicted octanol–water partition coefficient (Wildman–Crippen LogP) is 3.17. The topological polar surface area (TPSA) is 69.1 Å². The van der Waals surface area contributed by atoms with Gasteiger partial charge >= 0.3 is 0 Å². The maximum Gasteiger partial charge on any atom is 0.253 e. The van der Waals surface area contributed by atoms with Gasteiger partial charge in [-0.25, -0.2) is 0 Å². The molecule has 17 heavy (non-hydrogen) atoms. The number of nitrogens with zero attached hydrogens (tertiary/aromatic N) is 4. The van der Waals surface area contributed by atoms with Gasteiger partial charge in [0.05, 0.1) is 0 Å². The van der Waals surface area contributed by atoms with E-state index < -0.39 is 0 Å². The number of carbonyl (C=O) groups excluding carboxylic acids is 1. The molecule has 1 aromatic rings. The van der Waals surface area contributed by atoms with Crippen LogP contribution >= 0.6 is 0 Å². The lowest BCUT2D eigenvalue weighted by Crippen LogP contribution is -2.27. The Kier molecular flexibility index (Phi) is 3.30. The van der Waals surface area contributed by atoms with Gasteiger partial charge in [-0.3, -0.25) is 4.79 Å². The highest BCUT2D eigenvalue weighted by atomic mass is 16.2. The van der Waals surface area contributed by atoms with Gasteiger partial charge in [0.1, 0.15) is 0 Å². The second-order valence-corrected chi connectivity index (χ2v) is 4.19. The fourth-order valence-corrected chi connectivity index (χ4v) is 2.05. The number of likely N-dealkylation sites (tertiary alicyclic amines) is 1. The number of aryl methyl sites for hydroxylation is 1. The van der Waals surface area contributed by atoms with Gasteiger partial charge in [-0.2, -0.15) is 0 Å². The number of azide groups is 1. The van der Waals surface area contributed by atoms with Crippen molar-refractivity contribution in [1.82, 2.24) is 4.90 Å². The van der Waals surface area contributed by atoms with Crippen LogP contribution in [0.3, 0.4) is 0 Å². The Morgan fingerprint density at radius 1 is 1.41 bits per heavy atom. The highest BCUT2D eigenvalue weighted by molar-refractivity contribution is 5.95. The minimum atomic E-state index is 0.0677. The van der Waals surface area contributed by atoms with E-state index in [1.165, 1.54) is 0 Å². The number of carbonyl (C=O) groups is 1. The van der Waals surface area contributed by atoms with E-state index >= 15 is 0 Å². The quantitative estimate of drug-likeness (QED) is 0.437. The molecule has 88 valence electrons. The SMILES string of the molecule is Cc1cc(C(=O)N2CCCC2)ccc1N=[N+]=[N-]. The van der Waals surface area contributed by atoms with Gasteiger partial charge in [-0.05, 0) is 43.0 Å². The molecule has 1 saturated heterocycles. The Balaban J connectivity index is 2.24. The van der Waals surface area contributed by atoms with Crippen molar-refractivity contribution < 1.29 is 4.79 Å². The highest BCUT2D eigenvalue weighted by Crippen LogP contribution is 2.21. The van der Waals surface area contributed by atoms with Crippen molar-refractivity contribution in [1.29, 1.82) is 0 Å². The van der Waals surface area contributed by atoms with Crippen molar-refractivity contribution in [2.45, 2.75) is 19.8 Å². The Hall–Kier alpha value is -2.00. The van der Waals surface area contributed by atoms with Crippen LogP contribution in [0.1, 0.15) is 28.8 Å². The number of hydrogen-bond acceptors (Lipinski definition) is 2. The first-order valence-electron chi connectivity index (χ1n) is 5.67. The molecule has 2 rings (SSSR count). The summed E-state index contributed by atoms with van der Waals surface area (Å²) in [7, 11) is 0. The van der Waals surface area contributed by atoms with Crippen LogP contribution in [0.4, 0.5) is 5.69 Å². The first-order valence-corrected chi connectivity index (χ1v) is 5.67. The van der Waals surface area contributed by atoms with Gasteiger partial charge in [0.25, 0.3) is 5.91 Å². The summed E-state index contributed by atoms with van der Waals surface area (Å²) < 4.78 is 0. The molecular formula is C12H14N4O. The zero-order valence-corrected chi connectivity index (χ0v) is 9.76. The standard InChI is InChI=1S/C12H14N4O/c1-9-8-10(4-5-11(9)14-15-13)12(17)16-6-2-3-7-16/h4-5,8H,2-3,6-7H2,1H3. The third-order valence-corrected chi connectivity index (χ3v) is 2.99. The van der Waals surface area contributed by atoms with Crippen molar-refractivity contribution >= 4 is 11.6 Å². The molecule has 0 bridgehead atoms. The number of rotatable bonds is 2. The van der Waals surface area contributed by atoms with Crippen molar-refractivity contribution in [2.24, 2.45) is 5.11 Å². The first kappa shape index (κ1) is 11.5. The van der Waals surface area contributed by atoms with Gasteiger partial charge in [-0.1, -0.05) is 11.2 Å². The van der Waals surface area contributed by atoms with Gasteiger partial charge in [-0.15, -0.1) is 0 Å². The second kappa shape index (κ2) is 4.89. The number of hydrogen-bond donors (Lipinski definition) is 0. The molecule has 1 aliphatic heterocycles. The minimum absolute atomic E-state index is 0.0677. The summed E-state index contributed by atoms with van der Waals surface area (Å²) >= 11 is 0. The van der Waals surface area contributed by atoms with E-state index in [0.29, 0.717) is 11.3 Å². The van der Waals surface area contributed by atoms with Crippen LogP contribution in [0.25, 0.3) is 10.4 Å².